The number of halogens is 1. The van der Waals surface area contributed by atoms with Gasteiger partial charge in [-0.25, -0.2) is 9.59 Å². The maximum absolute atomic E-state index is 12.5. The zero-order chi connectivity index (χ0) is 21.1. The number of hydrogen-bond acceptors (Lipinski definition) is 7. The summed E-state index contributed by atoms with van der Waals surface area (Å²) in [6.07, 6.45) is 0. The first-order valence-corrected chi connectivity index (χ1v) is 8.75. The summed E-state index contributed by atoms with van der Waals surface area (Å²) in [6.45, 7) is 0. The van der Waals surface area contributed by atoms with Crippen LogP contribution in [0, 0.1) is 0 Å². The Morgan fingerprint density at radius 2 is 1.72 bits per heavy atom. The Balaban J connectivity index is 2.18. The Kier molecular flexibility index (Phi) is 5.79. The molecule has 1 N–H and O–H groups in total. The molecule has 7 nitrogen and oxygen atoms in total. The third kappa shape index (κ3) is 3.77. The van der Waals surface area contributed by atoms with E-state index in [-0.39, 0.29) is 27.5 Å². The smallest absolute Gasteiger partial charge is 0.348 e. The van der Waals surface area contributed by atoms with E-state index in [1.54, 1.807) is 30.3 Å². The van der Waals surface area contributed by atoms with Gasteiger partial charge in [-0.2, -0.15) is 0 Å². The lowest BCUT2D eigenvalue weighted by Gasteiger charge is -2.11. The van der Waals surface area contributed by atoms with Crippen LogP contribution in [0.5, 0.6) is 11.5 Å². The lowest BCUT2D eigenvalue weighted by Crippen LogP contribution is -2.09. The van der Waals surface area contributed by atoms with Crippen LogP contribution in [0.25, 0.3) is 11.1 Å². The second-order valence-electron chi connectivity index (χ2n) is 5.89. The molecule has 0 fully saturated rings. The molecule has 2 aromatic carbocycles. The maximum atomic E-state index is 12.5. The summed E-state index contributed by atoms with van der Waals surface area (Å²) in [6, 6.07) is 11.0. The third-order valence-electron chi connectivity index (χ3n) is 4.29. The Morgan fingerprint density at radius 3 is 2.28 bits per heavy atom. The monoisotopic (exact) mass is 416 g/mol. The maximum Gasteiger partial charge on any atom is 0.348 e. The standard InChI is InChI=1S/C21H17ClO7/c1-26-13-7-4-11(5-8-13)16-18(23)19(29-21(16)25)17(20(24)28-3)12-6-9-15(27-2)14(22)10-12/h4-10,23H,1-3H3/b19-17+. The molecule has 0 aromatic heterocycles. The summed E-state index contributed by atoms with van der Waals surface area (Å²) in [5.74, 6) is -1.42. The van der Waals surface area contributed by atoms with E-state index < -0.39 is 17.7 Å². The Hall–Kier alpha value is -3.45. The van der Waals surface area contributed by atoms with Gasteiger partial charge < -0.3 is 24.1 Å². The predicted molar refractivity (Wildman–Crippen MR) is 106 cm³/mol. The number of esters is 2. The first kappa shape index (κ1) is 20.3. The molecule has 3 rings (SSSR count). The average molecular weight is 417 g/mol. The van der Waals surface area contributed by atoms with Crippen LogP contribution in [0.15, 0.2) is 54.0 Å². The molecule has 29 heavy (non-hydrogen) atoms. The molecule has 1 heterocycles. The molecule has 150 valence electrons. The summed E-state index contributed by atoms with van der Waals surface area (Å²) >= 11 is 6.15. The Labute approximate surface area is 171 Å². The van der Waals surface area contributed by atoms with E-state index in [9.17, 15) is 14.7 Å². The number of rotatable bonds is 5. The van der Waals surface area contributed by atoms with Crippen LogP contribution < -0.4 is 9.47 Å². The van der Waals surface area contributed by atoms with Gasteiger partial charge in [0.2, 0.25) is 0 Å². The summed E-state index contributed by atoms with van der Waals surface area (Å²) in [4.78, 5) is 24.9. The van der Waals surface area contributed by atoms with Crippen LogP contribution in [-0.2, 0) is 19.1 Å². The molecular formula is C21H17ClO7. The number of carbonyl (C=O) groups is 2. The van der Waals surface area contributed by atoms with Crippen molar-refractivity contribution in [2.75, 3.05) is 21.3 Å². The lowest BCUT2D eigenvalue weighted by atomic mass is 10.0. The normalized spacial score (nSPS) is 15.1. The van der Waals surface area contributed by atoms with Crippen LogP contribution in [0.3, 0.4) is 0 Å². The fourth-order valence-corrected chi connectivity index (χ4v) is 3.11. The van der Waals surface area contributed by atoms with Gasteiger partial charge in [-0.05, 0) is 35.4 Å². The van der Waals surface area contributed by atoms with Crippen LogP contribution in [0.2, 0.25) is 5.02 Å². The van der Waals surface area contributed by atoms with Crippen molar-refractivity contribution in [2.24, 2.45) is 0 Å². The van der Waals surface area contributed by atoms with E-state index >= 15 is 0 Å². The van der Waals surface area contributed by atoms with Gasteiger partial charge in [0.1, 0.15) is 22.6 Å². The molecule has 0 spiro atoms. The first-order chi connectivity index (χ1) is 13.9. The van der Waals surface area contributed by atoms with Crippen molar-refractivity contribution in [3.8, 4) is 11.5 Å². The minimum absolute atomic E-state index is 0.0799. The molecule has 0 aliphatic carbocycles. The van der Waals surface area contributed by atoms with Crippen molar-refractivity contribution in [2.45, 2.75) is 0 Å². The average Bonchev–Trinajstić information content (AvgIpc) is 3.02. The number of cyclic esters (lactones) is 1. The van der Waals surface area contributed by atoms with Crippen molar-refractivity contribution in [1.29, 1.82) is 0 Å². The molecule has 0 amide bonds. The molecule has 0 radical (unpaired) electrons. The predicted octanol–water partition coefficient (Wildman–Crippen LogP) is 3.77. The van der Waals surface area contributed by atoms with Gasteiger partial charge in [0.25, 0.3) is 0 Å². The molecule has 0 atom stereocenters. The summed E-state index contributed by atoms with van der Waals surface area (Å²) in [5, 5.41) is 11.0. The second kappa shape index (κ2) is 8.28. The summed E-state index contributed by atoms with van der Waals surface area (Å²) in [5.41, 5.74) is 0.461. The number of aliphatic hydroxyl groups excluding tert-OH is 1. The molecule has 8 heteroatoms. The van der Waals surface area contributed by atoms with Gasteiger partial charge in [-0.15, -0.1) is 0 Å². The molecule has 0 saturated heterocycles. The minimum Gasteiger partial charge on any atom is -0.504 e. The van der Waals surface area contributed by atoms with Crippen molar-refractivity contribution in [1.82, 2.24) is 0 Å². The van der Waals surface area contributed by atoms with Gasteiger partial charge in [0.05, 0.1) is 26.4 Å². The number of carbonyl (C=O) groups excluding carboxylic acids is 2. The zero-order valence-corrected chi connectivity index (χ0v) is 16.6. The number of ether oxygens (including phenoxy) is 4. The van der Waals surface area contributed by atoms with E-state index in [1.165, 1.54) is 33.5 Å². The van der Waals surface area contributed by atoms with Gasteiger partial charge in [0.15, 0.2) is 11.5 Å². The third-order valence-corrected chi connectivity index (χ3v) is 4.58. The number of methoxy groups -OCH3 is 3. The number of aliphatic hydroxyl groups is 1. The molecule has 0 bridgehead atoms. The quantitative estimate of drug-likeness (QED) is 0.586. The van der Waals surface area contributed by atoms with Gasteiger partial charge >= 0.3 is 11.9 Å². The number of benzene rings is 2. The lowest BCUT2D eigenvalue weighted by molar-refractivity contribution is -0.134. The Morgan fingerprint density at radius 1 is 1.03 bits per heavy atom. The van der Waals surface area contributed by atoms with E-state index in [2.05, 4.69) is 0 Å². The minimum atomic E-state index is -0.809. The highest BCUT2D eigenvalue weighted by Gasteiger charge is 2.36. The van der Waals surface area contributed by atoms with Crippen molar-refractivity contribution >= 4 is 34.7 Å². The van der Waals surface area contributed by atoms with Crippen LogP contribution in [-0.4, -0.2) is 38.4 Å². The summed E-state index contributed by atoms with van der Waals surface area (Å²) < 4.78 is 20.3. The van der Waals surface area contributed by atoms with Gasteiger partial charge in [-0.3, -0.25) is 0 Å². The molecule has 0 unspecified atom stereocenters. The van der Waals surface area contributed by atoms with E-state index in [1.807, 2.05) is 0 Å². The van der Waals surface area contributed by atoms with Gasteiger partial charge in [-0.1, -0.05) is 29.8 Å². The zero-order valence-electron chi connectivity index (χ0n) is 15.8. The molecule has 0 saturated carbocycles. The molecular weight excluding hydrogens is 400 g/mol. The highest BCUT2D eigenvalue weighted by Crippen LogP contribution is 2.38. The fraction of sp³-hybridized carbons (Fsp3) is 0.143. The first-order valence-electron chi connectivity index (χ1n) is 8.38. The highest BCUT2D eigenvalue weighted by molar-refractivity contribution is 6.32. The van der Waals surface area contributed by atoms with Crippen LogP contribution >= 0.6 is 11.6 Å². The van der Waals surface area contributed by atoms with E-state index in [0.29, 0.717) is 17.1 Å². The fourth-order valence-electron chi connectivity index (χ4n) is 2.85. The van der Waals surface area contributed by atoms with Crippen molar-refractivity contribution < 1.29 is 33.6 Å². The molecule has 1 aliphatic rings. The van der Waals surface area contributed by atoms with E-state index in [0.717, 1.165) is 0 Å². The van der Waals surface area contributed by atoms with Crippen LogP contribution in [0.1, 0.15) is 11.1 Å². The SMILES string of the molecule is COC(=O)/C(=C1/OC(=O)C(c2ccc(OC)cc2)=C1O)c1ccc(OC)c(Cl)c1. The summed E-state index contributed by atoms with van der Waals surface area (Å²) in [7, 11) is 4.14. The Bertz CT molecular complexity index is 1040. The topological polar surface area (TPSA) is 91.3 Å². The largest absolute Gasteiger partial charge is 0.504 e. The van der Waals surface area contributed by atoms with Gasteiger partial charge in [0, 0.05) is 0 Å². The van der Waals surface area contributed by atoms with Crippen LogP contribution in [0.4, 0.5) is 0 Å². The second-order valence-corrected chi connectivity index (χ2v) is 6.29. The van der Waals surface area contributed by atoms with Crippen molar-refractivity contribution in [3.63, 3.8) is 0 Å². The van der Waals surface area contributed by atoms with Crippen molar-refractivity contribution in [3.05, 3.63) is 70.1 Å². The number of hydrogen-bond donors (Lipinski definition) is 1. The van der Waals surface area contributed by atoms with E-state index in [4.69, 9.17) is 30.5 Å². The highest BCUT2D eigenvalue weighted by atomic mass is 35.5. The molecule has 1 aliphatic heterocycles. The molecule has 2 aromatic rings.